The first-order valence-corrected chi connectivity index (χ1v) is 5.82. The van der Waals surface area contributed by atoms with E-state index >= 15 is 0 Å². The number of aromatic nitrogens is 1. The molecule has 0 fully saturated rings. The summed E-state index contributed by atoms with van der Waals surface area (Å²) in [5.74, 6) is 0. The van der Waals surface area contributed by atoms with Crippen LogP contribution in [0.3, 0.4) is 0 Å². The van der Waals surface area contributed by atoms with E-state index in [1.165, 1.54) is 25.7 Å². The number of rotatable bonds is 5. The highest BCUT2D eigenvalue weighted by Crippen LogP contribution is 2.10. The Balaban J connectivity index is 2.91. The molecule has 1 nitrogen and oxygen atoms in total. The van der Waals surface area contributed by atoms with Crippen LogP contribution in [0.25, 0.3) is 0 Å². The fourth-order valence-electron chi connectivity index (χ4n) is 1.82. The summed E-state index contributed by atoms with van der Waals surface area (Å²) < 4.78 is 2.27. The first kappa shape index (κ1) is 11.2. The van der Waals surface area contributed by atoms with Crippen molar-refractivity contribution in [3.63, 3.8) is 0 Å². The number of pyridine rings is 1. The molecule has 0 N–H and O–H groups in total. The number of hydrogen-bond donors (Lipinski definition) is 0. The number of aryl methyl sites for hydroxylation is 3. The standard InChI is InChI=1S/C13H22N/c1-4-7-12-9-10-14(6-3)11-13(12)8-5-2/h9-11H,4-8H2,1-3H3/q+1. The van der Waals surface area contributed by atoms with Crippen LogP contribution in [0.5, 0.6) is 0 Å². The molecule has 0 aliphatic heterocycles. The molecular weight excluding hydrogens is 170 g/mol. The second-order valence-corrected chi connectivity index (χ2v) is 3.83. The van der Waals surface area contributed by atoms with Gasteiger partial charge in [0.2, 0.25) is 0 Å². The normalized spacial score (nSPS) is 10.5. The van der Waals surface area contributed by atoms with Crippen molar-refractivity contribution >= 4 is 0 Å². The van der Waals surface area contributed by atoms with Gasteiger partial charge in [-0.05, 0) is 25.3 Å². The third-order valence-electron chi connectivity index (χ3n) is 2.61. The summed E-state index contributed by atoms with van der Waals surface area (Å²) in [6.07, 6.45) is 9.44. The summed E-state index contributed by atoms with van der Waals surface area (Å²) >= 11 is 0. The van der Waals surface area contributed by atoms with Gasteiger partial charge in [0.15, 0.2) is 12.4 Å². The van der Waals surface area contributed by atoms with E-state index in [0.29, 0.717) is 0 Å². The van der Waals surface area contributed by atoms with Gasteiger partial charge in [0.1, 0.15) is 6.54 Å². The maximum atomic E-state index is 2.31. The zero-order valence-corrected chi connectivity index (χ0v) is 9.71. The lowest BCUT2D eigenvalue weighted by Gasteiger charge is -2.05. The van der Waals surface area contributed by atoms with E-state index in [-0.39, 0.29) is 0 Å². The van der Waals surface area contributed by atoms with Gasteiger partial charge < -0.3 is 0 Å². The Hall–Kier alpha value is -0.850. The van der Waals surface area contributed by atoms with E-state index in [9.17, 15) is 0 Å². The first-order valence-electron chi connectivity index (χ1n) is 5.82. The average Bonchev–Trinajstić information content (AvgIpc) is 2.21. The van der Waals surface area contributed by atoms with Crippen molar-refractivity contribution in [3.8, 4) is 0 Å². The molecule has 14 heavy (non-hydrogen) atoms. The summed E-state index contributed by atoms with van der Waals surface area (Å²) in [5, 5.41) is 0. The molecule has 0 aliphatic carbocycles. The predicted molar refractivity (Wildman–Crippen MR) is 60.3 cm³/mol. The van der Waals surface area contributed by atoms with Crippen LogP contribution in [0.2, 0.25) is 0 Å². The van der Waals surface area contributed by atoms with Gasteiger partial charge >= 0.3 is 0 Å². The van der Waals surface area contributed by atoms with Crippen LogP contribution in [0.1, 0.15) is 44.7 Å². The summed E-state index contributed by atoms with van der Waals surface area (Å²) in [7, 11) is 0. The highest BCUT2D eigenvalue weighted by Gasteiger charge is 2.06. The molecule has 1 heteroatoms. The third kappa shape index (κ3) is 2.83. The van der Waals surface area contributed by atoms with Crippen molar-refractivity contribution < 1.29 is 4.57 Å². The van der Waals surface area contributed by atoms with Gasteiger partial charge in [-0.3, -0.25) is 0 Å². The minimum absolute atomic E-state index is 1.07. The highest BCUT2D eigenvalue weighted by molar-refractivity contribution is 5.21. The second kappa shape index (κ2) is 5.79. The molecule has 0 saturated carbocycles. The zero-order chi connectivity index (χ0) is 10.4. The predicted octanol–water partition coefficient (Wildman–Crippen LogP) is 2.90. The Labute approximate surface area is 87.8 Å². The number of nitrogens with zero attached hydrogens (tertiary/aromatic N) is 1. The molecule has 0 amide bonds. The first-order chi connectivity index (χ1) is 6.81. The van der Waals surface area contributed by atoms with Gasteiger partial charge in [-0.25, -0.2) is 4.57 Å². The summed E-state index contributed by atoms with van der Waals surface area (Å²) in [5.41, 5.74) is 3.08. The molecule has 78 valence electrons. The molecule has 0 saturated heterocycles. The highest BCUT2D eigenvalue weighted by atomic mass is 14.9. The smallest absolute Gasteiger partial charge is 0.172 e. The van der Waals surface area contributed by atoms with Crippen molar-refractivity contribution in [3.05, 3.63) is 29.6 Å². The van der Waals surface area contributed by atoms with Crippen molar-refractivity contribution in [1.82, 2.24) is 0 Å². The minimum Gasteiger partial charge on any atom is -0.205 e. The third-order valence-corrected chi connectivity index (χ3v) is 2.61. The van der Waals surface area contributed by atoms with E-state index in [0.717, 1.165) is 6.54 Å². The van der Waals surface area contributed by atoms with Gasteiger partial charge in [0, 0.05) is 11.6 Å². The van der Waals surface area contributed by atoms with E-state index in [1.54, 1.807) is 11.1 Å². The van der Waals surface area contributed by atoms with Crippen LogP contribution in [0.15, 0.2) is 18.5 Å². The average molecular weight is 192 g/mol. The zero-order valence-electron chi connectivity index (χ0n) is 9.71. The monoisotopic (exact) mass is 192 g/mol. The van der Waals surface area contributed by atoms with Crippen molar-refractivity contribution in [1.29, 1.82) is 0 Å². The molecule has 0 atom stereocenters. The van der Waals surface area contributed by atoms with Crippen LogP contribution >= 0.6 is 0 Å². The van der Waals surface area contributed by atoms with E-state index in [4.69, 9.17) is 0 Å². The van der Waals surface area contributed by atoms with E-state index in [2.05, 4.69) is 43.8 Å². The molecule has 1 aromatic rings. The van der Waals surface area contributed by atoms with Gasteiger partial charge in [0.05, 0.1) is 0 Å². The molecule has 1 heterocycles. The van der Waals surface area contributed by atoms with Gasteiger partial charge in [-0.1, -0.05) is 26.7 Å². The molecule has 0 bridgehead atoms. The molecule has 0 radical (unpaired) electrons. The Morgan fingerprint density at radius 3 is 2.21 bits per heavy atom. The minimum atomic E-state index is 1.07. The topological polar surface area (TPSA) is 3.88 Å². The van der Waals surface area contributed by atoms with E-state index < -0.39 is 0 Å². The summed E-state index contributed by atoms with van der Waals surface area (Å²) in [6.45, 7) is 7.76. The van der Waals surface area contributed by atoms with Crippen LogP contribution in [-0.4, -0.2) is 0 Å². The van der Waals surface area contributed by atoms with E-state index in [1.807, 2.05) is 0 Å². The maximum Gasteiger partial charge on any atom is 0.172 e. The SMILES string of the molecule is CCCc1cc[n+](CC)cc1CCC. The molecule has 1 rings (SSSR count). The fraction of sp³-hybridized carbons (Fsp3) is 0.615. The Kier molecular flexibility index (Phi) is 4.64. The van der Waals surface area contributed by atoms with Crippen molar-refractivity contribution in [2.24, 2.45) is 0 Å². The molecular formula is C13H22N+. The summed E-state index contributed by atoms with van der Waals surface area (Å²) in [4.78, 5) is 0. The molecule has 0 aliphatic rings. The largest absolute Gasteiger partial charge is 0.205 e. The lowest BCUT2D eigenvalue weighted by atomic mass is 10.0. The van der Waals surface area contributed by atoms with Crippen LogP contribution in [0, 0.1) is 0 Å². The molecule has 1 aromatic heterocycles. The van der Waals surface area contributed by atoms with Crippen molar-refractivity contribution in [2.45, 2.75) is 53.0 Å². The van der Waals surface area contributed by atoms with Crippen LogP contribution < -0.4 is 4.57 Å². The Morgan fingerprint density at radius 1 is 1.00 bits per heavy atom. The van der Waals surface area contributed by atoms with Crippen molar-refractivity contribution in [2.75, 3.05) is 0 Å². The number of hydrogen-bond acceptors (Lipinski definition) is 0. The maximum absolute atomic E-state index is 2.31. The fourth-order valence-corrected chi connectivity index (χ4v) is 1.82. The lowest BCUT2D eigenvalue weighted by Crippen LogP contribution is -2.32. The van der Waals surface area contributed by atoms with Gasteiger partial charge in [-0.2, -0.15) is 0 Å². The molecule has 0 unspecified atom stereocenters. The lowest BCUT2D eigenvalue weighted by molar-refractivity contribution is -0.694. The Bertz CT molecular complexity index is 279. The quantitative estimate of drug-likeness (QED) is 0.632. The van der Waals surface area contributed by atoms with Gasteiger partial charge in [-0.15, -0.1) is 0 Å². The van der Waals surface area contributed by atoms with Crippen LogP contribution in [0.4, 0.5) is 0 Å². The van der Waals surface area contributed by atoms with Gasteiger partial charge in [0.25, 0.3) is 0 Å². The second-order valence-electron chi connectivity index (χ2n) is 3.83. The molecule has 0 spiro atoms. The molecule has 0 aromatic carbocycles. The van der Waals surface area contributed by atoms with Crippen LogP contribution in [-0.2, 0) is 19.4 Å². The Morgan fingerprint density at radius 2 is 1.64 bits per heavy atom. The summed E-state index contributed by atoms with van der Waals surface area (Å²) in [6, 6.07) is 2.29.